The number of hydrogen-bond acceptors (Lipinski definition) is 2. The van der Waals surface area contributed by atoms with Crippen molar-refractivity contribution in [3.63, 3.8) is 0 Å². The predicted octanol–water partition coefficient (Wildman–Crippen LogP) is 2.47. The molecule has 1 saturated heterocycles. The summed E-state index contributed by atoms with van der Waals surface area (Å²) in [5.74, 6) is -0.397. The van der Waals surface area contributed by atoms with E-state index in [0.717, 1.165) is 25.9 Å². The molecule has 1 aromatic heterocycles. The van der Waals surface area contributed by atoms with Crippen molar-refractivity contribution < 1.29 is 4.39 Å². The summed E-state index contributed by atoms with van der Waals surface area (Å²) in [5.41, 5.74) is 0.581. The lowest BCUT2D eigenvalue weighted by molar-refractivity contribution is 0.617. The lowest BCUT2D eigenvalue weighted by atomic mass is 10.3. The Morgan fingerprint density at radius 3 is 2.77 bits per heavy atom. The minimum Gasteiger partial charge on any atom is -0.369 e. The molecule has 0 atom stereocenters. The third-order valence-electron chi connectivity index (χ3n) is 2.27. The molecule has 1 aliphatic heterocycles. The minimum absolute atomic E-state index is 0.0376. The van der Waals surface area contributed by atoms with Gasteiger partial charge >= 0.3 is 0 Å². The molecule has 1 aliphatic rings. The van der Waals surface area contributed by atoms with Crippen LogP contribution in [0.5, 0.6) is 0 Å². The van der Waals surface area contributed by atoms with Crippen LogP contribution in [-0.4, -0.2) is 18.1 Å². The van der Waals surface area contributed by atoms with Gasteiger partial charge in [0.1, 0.15) is 0 Å². The first kappa shape index (κ1) is 8.75. The maximum atomic E-state index is 13.4. The fourth-order valence-electron chi connectivity index (χ4n) is 1.61. The fraction of sp³-hybridized carbons (Fsp3) is 0.444. The van der Waals surface area contributed by atoms with Crippen LogP contribution in [0.3, 0.4) is 0 Å². The third kappa shape index (κ3) is 1.61. The molecule has 1 aromatic rings. The van der Waals surface area contributed by atoms with E-state index in [1.54, 1.807) is 12.3 Å². The highest BCUT2D eigenvalue weighted by atomic mass is 35.5. The van der Waals surface area contributed by atoms with Crippen LogP contribution in [0.2, 0.25) is 5.15 Å². The Hall–Kier alpha value is -0.830. The summed E-state index contributed by atoms with van der Waals surface area (Å²) in [6.45, 7) is 1.83. The lowest BCUT2D eigenvalue weighted by Crippen LogP contribution is -2.19. The van der Waals surface area contributed by atoms with Crippen LogP contribution in [0.4, 0.5) is 10.1 Å². The summed E-state index contributed by atoms with van der Waals surface area (Å²) in [4.78, 5) is 5.68. The number of anilines is 1. The molecule has 1 fully saturated rings. The monoisotopic (exact) mass is 200 g/mol. The molecule has 0 aliphatic carbocycles. The summed E-state index contributed by atoms with van der Waals surface area (Å²) >= 11 is 5.58. The molecule has 0 bridgehead atoms. The Balaban J connectivity index is 2.33. The van der Waals surface area contributed by atoms with Crippen LogP contribution < -0.4 is 4.90 Å². The van der Waals surface area contributed by atoms with Crippen LogP contribution in [0, 0.1) is 5.82 Å². The summed E-state index contributed by atoms with van der Waals surface area (Å²) in [6, 6.07) is 1.67. The van der Waals surface area contributed by atoms with Crippen molar-refractivity contribution in [2.75, 3.05) is 18.0 Å². The molecule has 0 aromatic carbocycles. The second-order valence-electron chi connectivity index (χ2n) is 3.13. The van der Waals surface area contributed by atoms with E-state index >= 15 is 0 Å². The minimum atomic E-state index is -0.397. The van der Waals surface area contributed by atoms with Crippen molar-refractivity contribution in [3.05, 3.63) is 23.2 Å². The average Bonchev–Trinajstić information content (AvgIpc) is 2.62. The predicted molar refractivity (Wildman–Crippen MR) is 50.7 cm³/mol. The molecule has 0 saturated carbocycles. The van der Waals surface area contributed by atoms with Crippen LogP contribution in [0.15, 0.2) is 12.3 Å². The van der Waals surface area contributed by atoms with Gasteiger partial charge in [-0.1, -0.05) is 11.6 Å². The van der Waals surface area contributed by atoms with Gasteiger partial charge in [-0.25, -0.2) is 9.37 Å². The second-order valence-corrected chi connectivity index (χ2v) is 3.49. The SMILES string of the molecule is Fc1c(N2CCCC2)ccnc1Cl. The zero-order chi connectivity index (χ0) is 9.26. The molecule has 0 N–H and O–H groups in total. The topological polar surface area (TPSA) is 16.1 Å². The van der Waals surface area contributed by atoms with Crippen LogP contribution in [0.25, 0.3) is 0 Å². The number of aromatic nitrogens is 1. The van der Waals surface area contributed by atoms with E-state index in [4.69, 9.17) is 11.6 Å². The Kier molecular flexibility index (Phi) is 2.36. The van der Waals surface area contributed by atoms with E-state index < -0.39 is 5.82 Å². The largest absolute Gasteiger partial charge is 0.369 e. The first-order valence-electron chi connectivity index (χ1n) is 4.34. The molecular formula is C9H10ClFN2. The van der Waals surface area contributed by atoms with Gasteiger partial charge in [0.05, 0.1) is 5.69 Å². The van der Waals surface area contributed by atoms with E-state index in [0.29, 0.717) is 5.69 Å². The van der Waals surface area contributed by atoms with Crippen molar-refractivity contribution in [1.29, 1.82) is 0 Å². The Bertz CT molecular complexity index is 310. The zero-order valence-electron chi connectivity index (χ0n) is 7.13. The summed E-state index contributed by atoms with van der Waals surface area (Å²) in [7, 11) is 0. The van der Waals surface area contributed by atoms with E-state index in [2.05, 4.69) is 4.98 Å². The summed E-state index contributed by atoms with van der Waals surface area (Å²) < 4.78 is 13.4. The van der Waals surface area contributed by atoms with Crippen LogP contribution in [-0.2, 0) is 0 Å². The molecule has 0 amide bonds. The Morgan fingerprint density at radius 1 is 1.38 bits per heavy atom. The van der Waals surface area contributed by atoms with E-state index in [1.165, 1.54) is 0 Å². The second kappa shape index (κ2) is 3.50. The average molecular weight is 201 g/mol. The van der Waals surface area contributed by atoms with Crippen molar-refractivity contribution in [2.24, 2.45) is 0 Å². The van der Waals surface area contributed by atoms with Gasteiger partial charge in [0, 0.05) is 19.3 Å². The molecule has 2 heterocycles. The molecule has 70 valence electrons. The molecule has 0 spiro atoms. The molecule has 0 radical (unpaired) electrons. The highest BCUT2D eigenvalue weighted by Crippen LogP contribution is 2.26. The smallest absolute Gasteiger partial charge is 0.183 e. The van der Waals surface area contributed by atoms with Gasteiger partial charge in [0.15, 0.2) is 11.0 Å². The highest BCUT2D eigenvalue weighted by molar-refractivity contribution is 6.29. The lowest BCUT2D eigenvalue weighted by Gasteiger charge is -2.17. The van der Waals surface area contributed by atoms with Gasteiger partial charge in [0.2, 0.25) is 0 Å². The van der Waals surface area contributed by atoms with E-state index in [-0.39, 0.29) is 5.15 Å². The van der Waals surface area contributed by atoms with Crippen LogP contribution in [0.1, 0.15) is 12.8 Å². The standard InChI is InChI=1S/C9H10ClFN2/c10-9-8(11)7(3-4-12-9)13-5-1-2-6-13/h3-4H,1-2,5-6H2. The molecule has 2 rings (SSSR count). The number of halogens is 2. The molecule has 4 heteroatoms. The van der Waals surface area contributed by atoms with Crippen molar-refractivity contribution >= 4 is 17.3 Å². The number of rotatable bonds is 1. The van der Waals surface area contributed by atoms with Gasteiger partial charge in [-0.2, -0.15) is 0 Å². The van der Waals surface area contributed by atoms with Gasteiger partial charge < -0.3 is 4.90 Å². The van der Waals surface area contributed by atoms with Crippen molar-refractivity contribution in [2.45, 2.75) is 12.8 Å². The first-order chi connectivity index (χ1) is 6.29. The van der Waals surface area contributed by atoms with Gasteiger partial charge in [0.25, 0.3) is 0 Å². The van der Waals surface area contributed by atoms with Crippen LogP contribution >= 0.6 is 11.6 Å². The van der Waals surface area contributed by atoms with Crippen molar-refractivity contribution in [3.8, 4) is 0 Å². The summed E-state index contributed by atoms with van der Waals surface area (Å²) in [5, 5.41) is -0.0376. The highest BCUT2D eigenvalue weighted by Gasteiger charge is 2.17. The molecular weight excluding hydrogens is 191 g/mol. The zero-order valence-corrected chi connectivity index (χ0v) is 7.89. The Morgan fingerprint density at radius 2 is 2.08 bits per heavy atom. The van der Waals surface area contributed by atoms with Crippen molar-refractivity contribution in [1.82, 2.24) is 4.98 Å². The van der Waals surface area contributed by atoms with E-state index in [1.807, 2.05) is 4.90 Å². The first-order valence-corrected chi connectivity index (χ1v) is 4.72. The van der Waals surface area contributed by atoms with Gasteiger partial charge in [-0.3, -0.25) is 0 Å². The molecule has 13 heavy (non-hydrogen) atoms. The van der Waals surface area contributed by atoms with Gasteiger partial charge in [-0.05, 0) is 18.9 Å². The number of pyridine rings is 1. The maximum Gasteiger partial charge on any atom is 0.183 e. The fourth-order valence-corrected chi connectivity index (χ4v) is 1.76. The Labute approximate surface area is 81.3 Å². The molecule has 0 unspecified atom stereocenters. The maximum absolute atomic E-state index is 13.4. The summed E-state index contributed by atoms with van der Waals surface area (Å²) in [6.07, 6.45) is 3.79. The quantitative estimate of drug-likeness (QED) is 0.648. The number of hydrogen-bond donors (Lipinski definition) is 0. The third-order valence-corrected chi connectivity index (χ3v) is 2.54. The number of nitrogens with zero attached hydrogens (tertiary/aromatic N) is 2. The van der Waals surface area contributed by atoms with Gasteiger partial charge in [-0.15, -0.1) is 0 Å². The normalized spacial score (nSPS) is 16.6. The molecule has 2 nitrogen and oxygen atoms in total. The van der Waals surface area contributed by atoms with E-state index in [9.17, 15) is 4.39 Å².